The SMILES string of the molecule is CCOc1ccccc1C(=O)c1ccc(Br)cc1F. The molecule has 0 N–H and O–H groups in total. The van der Waals surface area contributed by atoms with Gasteiger partial charge in [-0.3, -0.25) is 4.79 Å². The van der Waals surface area contributed by atoms with Crippen LogP contribution in [0.4, 0.5) is 4.39 Å². The zero-order chi connectivity index (χ0) is 13.8. The maximum absolute atomic E-state index is 13.8. The summed E-state index contributed by atoms with van der Waals surface area (Å²) in [5, 5.41) is 0. The summed E-state index contributed by atoms with van der Waals surface area (Å²) in [5.74, 6) is -0.461. The lowest BCUT2D eigenvalue weighted by Crippen LogP contribution is -2.07. The van der Waals surface area contributed by atoms with Gasteiger partial charge in [-0.15, -0.1) is 0 Å². The number of para-hydroxylation sites is 1. The van der Waals surface area contributed by atoms with Crippen molar-refractivity contribution in [1.82, 2.24) is 0 Å². The molecule has 4 heteroatoms. The van der Waals surface area contributed by atoms with Gasteiger partial charge in [0.05, 0.1) is 17.7 Å². The summed E-state index contributed by atoms with van der Waals surface area (Å²) in [6.07, 6.45) is 0. The van der Waals surface area contributed by atoms with Crippen LogP contribution in [0.15, 0.2) is 46.9 Å². The van der Waals surface area contributed by atoms with E-state index in [0.29, 0.717) is 22.4 Å². The molecule has 2 aromatic carbocycles. The molecule has 0 aromatic heterocycles. The van der Waals surface area contributed by atoms with Crippen LogP contribution in [-0.4, -0.2) is 12.4 Å². The number of ether oxygens (including phenoxy) is 1. The van der Waals surface area contributed by atoms with Crippen LogP contribution in [0.1, 0.15) is 22.8 Å². The van der Waals surface area contributed by atoms with Crippen molar-refractivity contribution >= 4 is 21.7 Å². The Bertz CT molecular complexity index is 611. The lowest BCUT2D eigenvalue weighted by Gasteiger charge is -2.09. The van der Waals surface area contributed by atoms with Crippen LogP contribution in [0, 0.1) is 5.82 Å². The fraction of sp³-hybridized carbons (Fsp3) is 0.133. The molecule has 0 atom stereocenters. The summed E-state index contributed by atoms with van der Waals surface area (Å²) in [6, 6.07) is 11.2. The van der Waals surface area contributed by atoms with E-state index in [9.17, 15) is 9.18 Å². The zero-order valence-electron chi connectivity index (χ0n) is 10.3. The van der Waals surface area contributed by atoms with Gasteiger partial charge < -0.3 is 4.74 Å². The molecule has 0 aliphatic carbocycles. The van der Waals surface area contributed by atoms with Gasteiger partial charge in [0.15, 0.2) is 5.78 Å². The van der Waals surface area contributed by atoms with Crippen molar-refractivity contribution in [2.45, 2.75) is 6.92 Å². The van der Waals surface area contributed by atoms with Gasteiger partial charge in [0.1, 0.15) is 11.6 Å². The van der Waals surface area contributed by atoms with Crippen molar-refractivity contribution in [2.24, 2.45) is 0 Å². The van der Waals surface area contributed by atoms with E-state index in [1.807, 2.05) is 6.92 Å². The molecular weight excluding hydrogens is 311 g/mol. The normalized spacial score (nSPS) is 10.3. The zero-order valence-corrected chi connectivity index (χ0v) is 11.9. The molecule has 0 amide bonds. The van der Waals surface area contributed by atoms with Gasteiger partial charge in [-0.05, 0) is 37.3 Å². The molecule has 98 valence electrons. The summed E-state index contributed by atoms with van der Waals surface area (Å²) >= 11 is 3.16. The van der Waals surface area contributed by atoms with E-state index in [4.69, 9.17) is 4.74 Å². The maximum atomic E-state index is 13.8. The number of hydrogen-bond donors (Lipinski definition) is 0. The van der Waals surface area contributed by atoms with Gasteiger partial charge in [0.2, 0.25) is 0 Å². The number of halogens is 2. The van der Waals surface area contributed by atoms with Gasteiger partial charge in [0.25, 0.3) is 0 Å². The first-order valence-electron chi connectivity index (χ1n) is 5.85. The number of carbonyl (C=O) groups is 1. The highest BCUT2D eigenvalue weighted by Gasteiger charge is 2.17. The molecule has 0 saturated heterocycles. The number of carbonyl (C=O) groups excluding carboxylic acids is 1. The fourth-order valence-corrected chi connectivity index (χ4v) is 2.09. The molecule has 2 aromatic rings. The van der Waals surface area contributed by atoms with E-state index in [1.54, 1.807) is 30.3 Å². The third-order valence-electron chi connectivity index (χ3n) is 2.61. The molecule has 2 nitrogen and oxygen atoms in total. The molecule has 19 heavy (non-hydrogen) atoms. The Kier molecular flexibility index (Phi) is 4.32. The number of rotatable bonds is 4. The van der Waals surface area contributed by atoms with Crippen LogP contribution >= 0.6 is 15.9 Å². The van der Waals surface area contributed by atoms with E-state index in [2.05, 4.69) is 15.9 Å². The minimum Gasteiger partial charge on any atom is -0.493 e. The van der Waals surface area contributed by atoms with Crippen LogP contribution in [0.25, 0.3) is 0 Å². The summed E-state index contributed by atoms with van der Waals surface area (Å²) < 4.78 is 19.8. The number of benzene rings is 2. The Morgan fingerprint density at radius 3 is 2.63 bits per heavy atom. The molecule has 0 radical (unpaired) electrons. The third-order valence-corrected chi connectivity index (χ3v) is 3.10. The Morgan fingerprint density at radius 1 is 1.21 bits per heavy atom. The second kappa shape index (κ2) is 5.97. The first kappa shape index (κ1) is 13.7. The average Bonchev–Trinajstić information content (AvgIpc) is 2.39. The van der Waals surface area contributed by atoms with Crippen molar-refractivity contribution in [3.8, 4) is 5.75 Å². The predicted octanol–water partition coefficient (Wildman–Crippen LogP) is 4.22. The van der Waals surface area contributed by atoms with Crippen LogP contribution in [0.5, 0.6) is 5.75 Å². The minimum atomic E-state index is -0.550. The van der Waals surface area contributed by atoms with Crippen molar-refractivity contribution in [1.29, 1.82) is 0 Å². The van der Waals surface area contributed by atoms with Gasteiger partial charge in [0, 0.05) is 4.47 Å². The van der Waals surface area contributed by atoms with E-state index >= 15 is 0 Å². The van der Waals surface area contributed by atoms with Crippen LogP contribution in [0.2, 0.25) is 0 Å². The first-order chi connectivity index (χ1) is 9.13. The van der Waals surface area contributed by atoms with E-state index in [1.165, 1.54) is 12.1 Å². The highest BCUT2D eigenvalue weighted by atomic mass is 79.9. The molecule has 2 rings (SSSR count). The molecule has 0 unspecified atom stereocenters. The topological polar surface area (TPSA) is 26.3 Å². The standard InChI is InChI=1S/C15H12BrFO2/c1-2-19-14-6-4-3-5-12(14)15(18)11-8-7-10(16)9-13(11)17/h3-9H,2H2,1H3. The Morgan fingerprint density at radius 2 is 1.95 bits per heavy atom. The van der Waals surface area contributed by atoms with Gasteiger partial charge in [-0.1, -0.05) is 28.1 Å². The molecule has 0 heterocycles. The molecule has 0 bridgehead atoms. The van der Waals surface area contributed by atoms with Crippen molar-refractivity contribution in [2.75, 3.05) is 6.61 Å². The predicted molar refractivity (Wildman–Crippen MR) is 75.1 cm³/mol. The van der Waals surface area contributed by atoms with Gasteiger partial charge in [-0.25, -0.2) is 4.39 Å². The smallest absolute Gasteiger partial charge is 0.199 e. The van der Waals surface area contributed by atoms with E-state index in [-0.39, 0.29) is 11.3 Å². The van der Waals surface area contributed by atoms with Crippen LogP contribution < -0.4 is 4.74 Å². The lowest BCUT2D eigenvalue weighted by atomic mass is 10.0. The molecule has 0 aliphatic heterocycles. The lowest BCUT2D eigenvalue weighted by molar-refractivity contribution is 0.103. The second-order valence-corrected chi connectivity index (χ2v) is 4.80. The summed E-state index contributed by atoms with van der Waals surface area (Å²) in [7, 11) is 0. The Labute approximate surface area is 119 Å². The molecule has 0 aliphatic rings. The third kappa shape index (κ3) is 3.01. The van der Waals surface area contributed by atoms with Crippen molar-refractivity contribution in [3.63, 3.8) is 0 Å². The Balaban J connectivity index is 2.44. The maximum Gasteiger partial charge on any atom is 0.199 e. The number of ketones is 1. The summed E-state index contributed by atoms with van der Waals surface area (Å²) in [5.41, 5.74) is 0.404. The number of hydrogen-bond acceptors (Lipinski definition) is 2. The van der Waals surface area contributed by atoms with E-state index in [0.717, 1.165) is 0 Å². The largest absolute Gasteiger partial charge is 0.493 e. The van der Waals surface area contributed by atoms with Gasteiger partial charge in [-0.2, -0.15) is 0 Å². The molecule has 0 saturated carbocycles. The molecular formula is C15H12BrFO2. The quantitative estimate of drug-likeness (QED) is 0.788. The van der Waals surface area contributed by atoms with Crippen molar-refractivity contribution < 1.29 is 13.9 Å². The fourth-order valence-electron chi connectivity index (χ4n) is 1.75. The van der Waals surface area contributed by atoms with Gasteiger partial charge >= 0.3 is 0 Å². The Hall–Kier alpha value is -1.68. The summed E-state index contributed by atoms with van der Waals surface area (Å²) in [4.78, 5) is 12.3. The van der Waals surface area contributed by atoms with Crippen LogP contribution in [-0.2, 0) is 0 Å². The first-order valence-corrected chi connectivity index (χ1v) is 6.64. The average molecular weight is 323 g/mol. The second-order valence-electron chi connectivity index (χ2n) is 3.88. The van der Waals surface area contributed by atoms with Crippen molar-refractivity contribution in [3.05, 3.63) is 63.9 Å². The van der Waals surface area contributed by atoms with E-state index < -0.39 is 5.82 Å². The molecule has 0 spiro atoms. The highest BCUT2D eigenvalue weighted by Crippen LogP contribution is 2.24. The monoisotopic (exact) mass is 322 g/mol. The molecule has 0 fully saturated rings. The highest BCUT2D eigenvalue weighted by molar-refractivity contribution is 9.10. The summed E-state index contributed by atoms with van der Waals surface area (Å²) in [6.45, 7) is 2.29. The van der Waals surface area contributed by atoms with Crippen LogP contribution in [0.3, 0.4) is 0 Å². The minimum absolute atomic E-state index is 0.0374.